The van der Waals surface area contributed by atoms with Crippen molar-refractivity contribution in [2.75, 3.05) is 17.6 Å². The summed E-state index contributed by atoms with van der Waals surface area (Å²) in [6, 6.07) is 2.75. The molecule has 0 saturated heterocycles. The van der Waals surface area contributed by atoms with Crippen LogP contribution in [0.25, 0.3) is 11.1 Å². The van der Waals surface area contributed by atoms with Crippen LogP contribution in [-0.4, -0.2) is 23.5 Å². The minimum atomic E-state index is -0.539. The second kappa shape index (κ2) is 5.05. The third kappa shape index (κ3) is 2.70. The van der Waals surface area contributed by atoms with Crippen LogP contribution in [0.2, 0.25) is 0 Å². The number of aromatic nitrogens is 1. The maximum absolute atomic E-state index is 11.6. The van der Waals surface area contributed by atoms with Gasteiger partial charge in [-0.1, -0.05) is 0 Å². The minimum absolute atomic E-state index is 0.123. The van der Waals surface area contributed by atoms with Gasteiger partial charge in [0.15, 0.2) is 5.58 Å². The number of nitrogen functional groups attached to an aromatic ring is 1. The Morgan fingerprint density at radius 3 is 2.95 bits per heavy atom. The van der Waals surface area contributed by atoms with E-state index < -0.39 is 11.8 Å². The van der Waals surface area contributed by atoms with E-state index in [1.165, 1.54) is 0 Å². The molecule has 1 amide bonds. The summed E-state index contributed by atoms with van der Waals surface area (Å²) in [5, 5.41) is 5.70. The highest BCUT2D eigenvalue weighted by Gasteiger charge is 2.14. The topological polar surface area (TPSA) is 113 Å². The number of carbonyl (C=O) groups excluding carboxylic acids is 1. The largest absolute Gasteiger partial charge is 0.417 e. The van der Waals surface area contributed by atoms with Gasteiger partial charge >= 0.3 is 5.76 Å². The maximum Gasteiger partial charge on any atom is 0.417 e. The second-order valence-electron chi connectivity index (χ2n) is 4.21. The molecule has 1 aromatic heterocycles. The number of anilines is 2. The van der Waals surface area contributed by atoms with Crippen molar-refractivity contribution in [3.8, 4) is 0 Å². The fourth-order valence-corrected chi connectivity index (χ4v) is 1.76. The van der Waals surface area contributed by atoms with E-state index in [0.29, 0.717) is 29.0 Å². The number of benzene rings is 1. The molecule has 0 radical (unpaired) electrons. The number of hydrogen-bond acceptors (Lipinski definition) is 5. The molecular formula is C12H16N4O3. The van der Waals surface area contributed by atoms with E-state index in [2.05, 4.69) is 15.6 Å². The van der Waals surface area contributed by atoms with Gasteiger partial charge in [-0.05, 0) is 19.9 Å². The lowest BCUT2D eigenvalue weighted by Gasteiger charge is -2.16. The Morgan fingerprint density at radius 2 is 2.26 bits per heavy atom. The Balaban J connectivity index is 2.27. The summed E-state index contributed by atoms with van der Waals surface area (Å²) in [6.45, 7) is 4.14. The smallest absolute Gasteiger partial charge is 0.408 e. The lowest BCUT2D eigenvalue weighted by atomic mass is 10.2. The molecule has 0 saturated carbocycles. The van der Waals surface area contributed by atoms with Crippen molar-refractivity contribution in [2.24, 2.45) is 0 Å². The predicted molar refractivity (Wildman–Crippen MR) is 73.0 cm³/mol. The number of likely N-dealkylation sites (N-methyl/N-ethyl adjacent to an activating group) is 1. The number of nitrogens with two attached hydrogens (primary N) is 1. The van der Waals surface area contributed by atoms with E-state index >= 15 is 0 Å². The Bertz CT molecular complexity index is 659. The fraction of sp³-hybridized carbons (Fsp3) is 0.333. The number of carbonyl (C=O) groups is 1. The fourth-order valence-electron chi connectivity index (χ4n) is 1.76. The molecule has 7 nitrogen and oxygen atoms in total. The molecule has 7 heteroatoms. The number of oxazole rings is 1. The third-order valence-electron chi connectivity index (χ3n) is 2.71. The van der Waals surface area contributed by atoms with Crippen LogP contribution in [0.5, 0.6) is 0 Å². The average molecular weight is 264 g/mol. The van der Waals surface area contributed by atoms with Gasteiger partial charge in [-0.25, -0.2) is 4.79 Å². The first-order chi connectivity index (χ1) is 9.01. The Kier molecular flexibility index (Phi) is 3.46. The highest BCUT2D eigenvalue weighted by Crippen LogP contribution is 2.24. The summed E-state index contributed by atoms with van der Waals surface area (Å²) < 4.78 is 4.90. The first-order valence-electron chi connectivity index (χ1n) is 5.98. The highest BCUT2D eigenvalue weighted by atomic mass is 16.4. The van der Waals surface area contributed by atoms with Crippen LogP contribution >= 0.6 is 0 Å². The molecule has 1 atom stereocenters. The standard InChI is InChI=1S/C12H16N4O3/c1-3-14-11(17)6(2)15-8-5-9-10(4-7(8)13)19-12(18)16-9/h4-6,15H,3,13H2,1-2H3,(H,14,17)(H,16,18). The number of fused-ring (bicyclic) bond motifs is 1. The highest BCUT2D eigenvalue weighted by molar-refractivity contribution is 5.89. The number of nitrogens with one attached hydrogen (secondary N) is 3. The van der Waals surface area contributed by atoms with Gasteiger partial charge < -0.3 is 20.8 Å². The van der Waals surface area contributed by atoms with Gasteiger partial charge in [0.2, 0.25) is 5.91 Å². The lowest BCUT2D eigenvalue weighted by Crippen LogP contribution is -2.37. The molecule has 0 aliphatic carbocycles. The quantitative estimate of drug-likeness (QED) is 0.605. The van der Waals surface area contributed by atoms with Crippen molar-refractivity contribution in [3.05, 3.63) is 22.7 Å². The first-order valence-corrected chi connectivity index (χ1v) is 5.98. The zero-order chi connectivity index (χ0) is 14.0. The van der Waals surface area contributed by atoms with Crippen LogP contribution in [0.3, 0.4) is 0 Å². The molecule has 0 aliphatic rings. The van der Waals surface area contributed by atoms with Crippen molar-refractivity contribution < 1.29 is 9.21 Å². The van der Waals surface area contributed by atoms with Gasteiger partial charge in [-0.2, -0.15) is 0 Å². The molecule has 0 fully saturated rings. The average Bonchev–Trinajstić information content (AvgIpc) is 2.69. The van der Waals surface area contributed by atoms with E-state index in [0.717, 1.165) is 0 Å². The Labute approximate surface area is 109 Å². The Hall–Kier alpha value is -2.44. The second-order valence-corrected chi connectivity index (χ2v) is 4.21. The lowest BCUT2D eigenvalue weighted by molar-refractivity contribution is -0.121. The number of hydrogen-bond donors (Lipinski definition) is 4. The molecule has 2 rings (SSSR count). The van der Waals surface area contributed by atoms with Gasteiger partial charge in [-0.15, -0.1) is 0 Å². The van der Waals surface area contributed by atoms with Gasteiger partial charge in [0.05, 0.1) is 16.9 Å². The molecule has 0 spiro atoms. The molecule has 0 aliphatic heterocycles. The van der Waals surface area contributed by atoms with Crippen LogP contribution in [0.15, 0.2) is 21.3 Å². The summed E-state index contributed by atoms with van der Waals surface area (Å²) in [5.41, 5.74) is 7.75. The van der Waals surface area contributed by atoms with Gasteiger partial charge in [0.1, 0.15) is 6.04 Å². The molecular weight excluding hydrogens is 248 g/mol. The van der Waals surface area contributed by atoms with Crippen molar-refractivity contribution in [1.29, 1.82) is 0 Å². The van der Waals surface area contributed by atoms with E-state index in [1.54, 1.807) is 19.1 Å². The van der Waals surface area contributed by atoms with Crippen molar-refractivity contribution in [3.63, 3.8) is 0 Å². The predicted octanol–water partition coefficient (Wildman–Crippen LogP) is 0.640. The summed E-state index contributed by atoms with van der Waals surface area (Å²) >= 11 is 0. The third-order valence-corrected chi connectivity index (χ3v) is 2.71. The Morgan fingerprint density at radius 1 is 1.53 bits per heavy atom. The monoisotopic (exact) mass is 264 g/mol. The van der Waals surface area contributed by atoms with E-state index in [-0.39, 0.29) is 5.91 Å². The molecule has 0 bridgehead atoms. The number of amides is 1. The summed E-state index contributed by atoms with van der Waals surface area (Å²) in [5.74, 6) is -0.661. The van der Waals surface area contributed by atoms with Gasteiger partial charge in [0, 0.05) is 12.6 Å². The SMILES string of the molecule is CCNC(=O)C(C)Nc1cc2[nH]c(=O)oc2cc1N. The molecule has 2 aromatic rings. The number of H-pyrrole nitrogens is 1. The van der Waals surface area contributed by atoms with E-state index in [4.69, 9.17) is 10.2 Å². The zero-order valence-electron chi connectivity index (χ0n) is 10.7. The molecule has 19 heavy (non-hydrogen) atoms. The maximum atomic E-state index is 11.6. The van der Waals surface area contributed by atoms with E-state index in [9.17, 15) is 9.59 Å². The van der Waals surface area contributed by atoms with Crippen molar-refractivity contribution >= 4 is 28.4 Å². The van der Waals surface area contributed by atoms with Crippen LogP contribution < -0.4 is 22.1 Å². The number of rotatable bonds is 4. The van der Waals surface area contributed by atoms with Crippen LogP contribution in [-0.2, 0) is 4.79 Å². The molecule has 5 N–H and O–H groups in total. The molecule has 1 heterocycles. The van der Waals surface area contributed by atoms with Crippen molar-refractivity contribution in [2.45, 2.75) is 19.9 Å². The summed E-state index contributed by atoms with van der Waals surface area (Å²) in [6.07, 6.45) is 0. The molecule has 1 unspecified atom stereocenters. The summed E-state index contributed by atoms with van der Waals surface area (Å²) in [7, 11) is 0. The normalized spacial score (nSPS) is 12.3. The van der Waals surface area contributed by atoms with E-state index in [1.807, 2.05) is 6.92 Å². The molecule has 1 aromatic carbocycles. The van der Waals surface area contributed by atoms with Crippen LogP contribution in [0.1, 0.15) is 13.8 Å². The van der Waals surface area contributed by atoms with Crippen molar-refractivity contribution in [1.82, 2.24) is 10.3 Å². The van der Waals surface area contributed by atoms with Gasteiger partial charge in [0.25, 0.3) is 0 Å². The molecule has 102 valence electrons. The van der Waals surface area contributed by atoms with Crippen LogP contribution in [0.4, 0.5) is 11.4 Å². The minimum Gasteiger partial charge on any atom is -0.408 e. The first kappa shape index (κ1) is 13.0. The van der Waals surface area contributed by atoms with Crippen LogP contribution in [0, 0.1) is 0 Å². The zero-order valence-corrected chi connectivity index (χ0v) is 10.7. The van der Waals surface area contributed by atoms with Gasteiger partial charge in [-0.3, -0.25) is 9.78 Å². The number of aromatic amines is 1. The summed E-state index contributed by atoms with van der Waals surface area (Å²) in [4.78, 5) is 25.3.